The highest BCUT2D eigenvalue weighted by Gasteiger charge is 1.95. The molecule has 94 valence electrons. The van der Waals surface area contributed by atoms with E-state index in [0.717, 1.165) is 12.3 Å². The lowest BCUT2D eigenvalue weighted by molar-refractivity contribution is 0.340. The molecule has 0 aliphatic carbocycles. The van der Waals surface area contributed by atoms with Crippen LogP contribution in [0.15, 0.2) is 29.8 Å². The summed E-state index contributed by atoms with van der Waals surface area (Å²) in [5.74, 6) is 0.933. The number of rotatable bonds is 6. The van der Waals surface area contributed by atoms with Crippen LogP contribution in [0.4, 0.5) is 0 Å². The third-order valence-corrected chi connectivity index (χ3v) is 2.39. The molecule has 0 atom stereocenters. The van der Waals surface area contributed by atoms with Crippen LogP contribution < -0.4 is 10.1 Å². The molecule has 1 N–H and O–H groups in total. The van der Waals surface area contributed by atoms with Crippen LogP contribution in [0.25, 0.3) is 6.08 Å². The van der Waals surface area contributed by atoms with Gasteiger partial charge in [-0.05, 0) is 31.5 Å². The molecule has 0 amide bonds. The number of hydrogen-bond acceptors (Lipinski definition) is 2. The molecule has 1 aromatic rings. The summed E-state index contributed by atoms with van der Waals surface area (Å²) >= 11 is 0. The van der Waals surface area contributed by atoms with Crippen LogP contribution in [0.5, 0.6) is 5.75 Å². The van der Waals surface area contributed by atoms with Gasteiger partial charge in [-0.3, -0.25) is 0 Å². The highest BCUT2D eigenvalue weighted by atomic mass is 16.5. The topological polar surface area (TPSA) is 21.3 Å². The molecule has 2 nitrogen and oxygen atoms in total. The molecule has 1 aromatic carbocycles. The van der Waals surface area contributed by atoms with Crippen molar-refractivity contribution in [3.8, 4) is 5.75 Å². The molecular weight excluding hydrogens is 210 g/mol. The van der Waals surface area contributed by atoms with Gasteiger partial charge in [0.25, 0.3) is 0 Å². The van der Waals surface area contributed by atoms with Crippen molar-refractivity contribution in [2.45, 2.75) is 33.7 Å². The molecule has 0 fully saturated rings. The summed E-state index contributed by atoms with van der Waals surface area (Å²) in [6.07, 6.45) is 2.20. The van der Waals surface area contributed by atoms with Gasteiger partial charge in [-0.1, -0.05) is 37.6 Å². The van der Waals surface area contributed by atoms with E-state index in [1.165, 1.54) is 11.1 Å². The Kier molecular flexibility index (Phi) is 5.78. The van der Waals surface area contributed by atoms with Gasteiger partial charge in [0.05, 0.1) is 6.61 Å². The zero-order chi connectivity index (χ0) is 12.7. The standard InChI is InChI=1S/C15H23NO/c1-5-17-15-8-6-14(7-9-15)10-13(4)11-16-12(2)3/h6-10,12,16H,5,11H2,1-4H3. The molecule has 0 saturated carbocycles. The minimum atomic E-state index is 0.527. The fourth-order valence-corrected chi connectivity index (χ4v) is 1.53. The van der Waals surface area contributed by atoms with E-state index >= 15 is 0 Å². The maximum absolute atomic E-state index is 5.41. The van der Waals surface area contributed by atoms with Crippen molar-refractivity contribution >= 4 is 6.08 Å². The normalized spacial score (nSPS) is 11.9. The zero-order valence-electron chi connectivity index (χ0n) is 11.3. The summed E-state index contributed by atoms with van der Waals surface area (Å²) in [4.78, 5) is 0. The first-order valence-electron chi connectivity index (χ1n) is 6.25. The average molecular weight is 233 g/mol. The van der Waals surface area contributed by atoms with Gasteiger partial charge in [0.1, 0.15) is 5.75 Å². The smallest absolute Gasteiger partial charge is 0.119 e. The summed E-state index contributed by atoms with van der Waals surface area (Å²) in [6, 6.07) is 8.73. The minimum absolute atomic E-state index is 0.527. The van der Waals surface area contributed by atoms with E-state index < -0.39 is 0 Å². The van der Waals surface area contributed by atoms with Gasteiger partial charge in [0.15, 0.2) is 0 Å². The first kappa shape index (κ1) is 13.8. The van der Waals surface area contributed by atoms with Crippen molar-refractivity contribution in [3.05, 3.63) is 35.4 Å². The first-order chi connectivity index (χ1) is 8.11. The molecule has 0 saturated heterocycles. The summed E-state index contributed by atoms with van der Waals surface area (Å²) < 4.78 is 5.41. The molecule has 0 radical (unpaired) electrons. The van der Waals surface area contributed by atoms with Crippen LogP contribution in [0.2, 0.25) is 0 Å². The van der Waals surface area contributed by atoms with Crippen LogP contribution in [0, 0.1) is 0 Å². The largest absolute Gasteiger partial charge is 0.494 e. The Hall–Kier alpha value is -1.28. The fraction of sp³-hybridized carbons (Fsp3) is 0.467. The van der Waals surface area contributed by atoms with Crippen molar-refractivity contribution in [3.63, 3.8) is 0 Å². The van der Waals surface area contributed by atoms with Crippen LogP contribution in [0.3, 0.4) is 0 Å². The van der Waals surface area contributed by atoms with E-state index in [9.17, 15) is 0 Å². The lowest BCUT2D eigenvalue weighted by Gasteiger charge is -2.08. The predicted octanol–water partition coefficient (Wildman–Crippen LogP) is 3.49. The van der Waals surface area contributed by atoms with E-state index in [4.69, 9.17) is 4.74 Å². The Bertz CT molecular complexity index is 352. The summed E-state index contributed by atoms with van der Waals surface area (Å²) in [7, 11) is 0. The second kappa shape index (κ2) is 7.13. The van der Waals surface area contributed by atoms with Crippen molar-refractivity contribution < 1.29 is 4.74 Å². The molecular formula is C15H23NO. The van der Waals surface area contributed by atoms with E-state index in [0.29, 0.717) is 12.6 Å². The first-order valence-corrected chi connectivity index (χ1v) is 6.25. The predicted molar refractivity (Wildman–Crippen MR) is 74.4 cm³/mol. The van der Waals surface area contributed by atoms with Gasteiger partial charge in [-0.25, -0.2) is 0 Å². The Morgan fingerprint density at radius 1 is 1.29 bits per heavy atom. The second-order valence-electron chi connectivity index (χ2n) is 4.53. The van der Waals surface area contributed by atoms with E-state index in [2.05, 4.69) is 44.3 Å². The molecule has 0 spiro atoms. The van der Waals surface area contributed by atoms with Crippen LogP contribution in [-0.4, -0.2) is 19.2 Å². The van der Waals surface area contributed by atoms with Crippen LogP contribution in [-0.2, 0) is 0 Å². The summed E-state index contributed by atoms with van der Waals surface area (Å²) in [5.41, 5.74) is 2.55. The molecule has 0 aliphatic heterocycles. The van der Waals surface area contributed by atoms with Crippen LogP contribution >= 0.6 is 0 Å². The van der Waals surface area contributed by atoms with Crippen molar-refractivity contribution in [2.24, 2.45) is 0 Å². The molecule has 2 heteroatoms. The molecule has 1 rings (SSSR count). The monoisotopic (exact) mass is 233 g/mol. The number of benzene rings is 1. The van der Waals surface area contributed by atoms with E-state index in [-0.39, 0.29) is 0 Å². The van der Waals surface area contributed by atoms with E-state index in [1.807, 2.05) is 19.1 Å². The molecule has 0 unspecified atom stereocenters. The number of nitrogens with one attached hydrogen (secondary N) is 1. The van der Waals surface area contributed by atoms with Crippen molar-refractivity contribution in [1.82, 2.24) is 5.32 Å². The Morgan fingerprint density at radius 2 is 1.94 bits per heavy atom. The third-order valence-electron chi connectivity index (χ3n) is 2.39. The maximum Gasteiger partial charge on any atom is 0.119 e. The summed E-state index contributed by atoms with van der Waals surface area (Å²) in [6.45, 7) is 10.1. The highest BCUT2D eigenvalue weighted by Crippen LogP contribution is 2.14. The Morgan fingerprint density at radius 3 is 2.47 bits per heavy atom. The molecule has 0 aromatic heterocycles. The fourth-order valence-electron chi connectivity index (χ4n) is 1.53. The SMILES string of the molecule is CCOc1ccc(C=C(C)CNC(C)C)cc1. The molecule has 0 aliphatic rings. The van der Waals surface area contributed by atoms with Crippen molar-refractivity contribution in [2.75, 3.05) is 13.2 Å². The van der Waals surface area contributed by atoms with Gasteiger partial charge in [0, 0.05) is 12.6 Å². The lowest BCUT2D eigenvalue weighted by atomic mass is 10.1. The Labute approximate surface area is 105 Å². The highest BCUT2D eigenvalue weighted by molar-refractivity contribution is 5.53. The Balaban J connectivity index is 2.57. The lowest BCUT2D eigenvalue weighted by Crippen LogP contribution is -2.24. The molecule has 0 heterocycles. The minimum Gasteiger partial charge on any atom is -0.494 e. The quantitative estimate of drug-likeness (QED) is 0.812. The maximum atomic E-state index is 5.41. The van der Waals surface area contributed by atoms with Gasteiger partial charge < -0.3 is 10.1 Å². The molecule has 0 bridgehead atoms. The van der Waals surface area contributed by atoms with E-state index in [1.54, 1.807) is 0 Å². The van der Waals surface area contributed by atoms with Crippen molar-refractivity contribution in [1.29, 1.82) is 0 Å². The average Bonchev–Trinajstić information content (AvgIpc) is 2.29. The second-order valence-corrected chi connectivity index (χ2v) is 4.53. The van der Waals surface area contributed by atoms with Gasteiger partial charge in [-0.2, -0.15) is 0 Å². The summed E-state index contributed by atoms with van der Waals surface area (Å²) in [5, 5.41) is 3.40. The number of hydrogen-bond donors (Lipinski definition) is 1. The van der Waals surface area contributed by atoms with Crippen LogP contribution in [0.1, 0.15) is 33.3 Å². The zero-order valence-corrected chi connectivity index (χ0v) is 11.3. The van der Waals surface area contributed by atoms with Gasteiger partial charge in [-0.15, -0.1) is 0 Å². The molecule has 17 heavy (non-hydrogen) atoms. The van der Waals surface area contributed by atoms with Gasteiger partial charge >= 0.3 is 0 Å². The third kappa shape index (κ3) is 5.55. The number of ether oxygens (including phenoxy) is 1. The van der Waals surface area contributed by atoms with Gasteiger partial charge in [0.2, 0.25) is 0 Å².